The van der Waals surface area contributed by atoms with Gasteiger partial charge in [-0.1, -0.05) is 11.6 Å². The van der Waals surface area contributed by atoms with E-state index in [2.05, 4.69) is 23.7 Å². The number of ether oxygens (including phenoxy) is 1. The van der Waals surface area contributed by atoms with E-state index in [1.54, 1.807) is 6.20 Å². The Balaban J connectivity index is 1.42. The second-order valence-electron chi connectivity index (χ2n) is 9.31. The molecule has 2 atom stereocenters. The van der Waals surface area contributed by atoms with Crippen molar-refractivity contribution >= 4 is 23.3 Å². The first-order chi connectivity index (χ1) is 15.8. The lowest BCUT2D eigenvalue weighted by Crippen LogP contribution is -2.55. The molecular formula is C26H32ClN3O3. The Morgan fingerprint density at radius 1 is 1.18 bits per heavy atom. The van der Waals surface area contributed by atoms with Gasteiger partial charge in [0.15, 0.2) is 5.78 Å². The van der Waals surface area contributed by atoms with Crippen molar-refractivity contribution in [2.45, 2.75) is 46.2 Å². The first-order valence-electron chi connectivity index (χ1n) is 11.7. The molecule has 1 aromatic carbocycles. The highest BCUT2D eigenvalue weighted by molar-refractivity contribution is 6.30. The predicted octanol–water partition coefficient (Wildman–Crippen LogP) is 3.85. The third kappa shape index (κ3) is 5.62. The normalized spacial score (nSPS) is 21.4. The average Bonchev–Trinajstić information content (AvgIpc) is 3.32. The molecule has 2 aliphatic heterocycles. The maximum Gasteiger partial charge on any atom is 0.228 e. The summed E-state index contributed by atoms with van der Waals surface area (Å²) in [6, 6.07) is 7.72. The number of Topliss-reactive ketones (excluding diaryl/α,β-unsaturated/α-hetero) is 1. The van der Waals surface area contributed by atoms with Gasteiger partial charge in [0.25, 0.3) is 0 Å². The second-order valence-corrected chi connectivity index (χ2v) is 9.75. The van der Waals surface area contributed by atoms with Crippen LogP contribution in [0.25, 0.3) is 0 Å². The fourth-order valence-corrected chi connectivity index (χ4v) is 5.03. The summed E-state index contributed by atoms with van der Waals surface area (Å²) in [6.45, 7) is 10.4. The Hall–Kier alpha value is -2.28. The first-order valence-corrected chi connectivity index (χ1v) is 12.0. The fraction of sp³-hybridized carbons (Fsp3) is 0.500. The Labute approximate surface area is 200 Å². The summed E-state index contributed by atoms with van der Waals surface area (Å²) >= 11 is 6.45. The Morgan fingerprint density at radius 3 is 2.64 bits per heavy atom. The number of carbonyl (C=O) groups is 2. The van der Waals surface area contributed by atoms with Crippen LogP contribution in [0.5, 0.6) is 0 Å². The van der Waals surface area contributed by atoms with E-state index in [4.69, 9.17) is 16.3 Å². The number of nitrogens with zero attached hydrogens (tertiary/aromatic N) is 3. The smallest absolute Gasteiger partial charge is 0.228 e. The number of halogens is 1. The number of aromatic nitrogens is 1. The number of rotatable bonds is 6. The van der Waals surface area contributed by atoms with Gasteiger partial charge in [0, 0.05) is 67.7 Å². The van der Waals surface area contributed by atoms with Gasteiger partial charge in [0.05, 0.1) is 12.5 Å². The molecule has 176 valence electrons. The van der Waals surface area contributed by atoms with E-state index in [1.807, 2.05) is 36.1 Å². The molecule has 4 rings (SSSR count). The number of pyridine rings is 1. The SMILES string of the molecule is Cc1ccc(C(=O)Cc2cc(Cl)cc(CN3CCN(C(=O)[C@@H]4CCOC4)[C@@H](C)C3)c2C)cn1. The maximum absolute atomic E-state index is 12.8. The molecule has 6 nitrogen and oxygen atoms in total. The molecular weight excluding hydrogens is 438 g/mol. The van der Waals surface area contributed by atoms with E-state index in [1.165, 1.54) is 0 Å². The van der Waals surface area contributed by atoms with Crippen LogP contribution in [0, 0.1) is 19.8 Å². The molecule has 0 spiro atoms. The molecule has 1 amide bonds. The summed E-state index contributed by atoms with van der Waals surface area (Å²) in [4.78, 5) is 34.3. The van der Waals surface area contributed by atoms with Crippen molar-refractivity contribution in [3.8, 4) is 0 Å². The van der Waals surface area contributed by atoms with Gasteiger partial charge in [-0.2, -0.15) is 0 Å². The zero-order chi connectivity index (χ0) is 23.5. The van der Waals surface area contributed by atoms with Crippen LogP contribution in [0.4, 0.5) is 0 Å². The second kappa shape index (κ2) is 10.3. The van der Waals surface area contributed by atoms with Crippen LogP contribution >= 0.6 is 11.6 Å². The van der Waals surface area contributed by atoms with Crippen LogP contribution in [-0.2, 0) is 22.5 Å². The van der Waals surface area contributed by atoms with Crippen molar-refractivity contribution in [1.29, 1.82) is 0 Å². The quantitative estimate of drug-likeness (QED) is 0.601. The summed E-state index contributed by atoms with van der Waals surface area (Å²) in [6.07, 6.45) is 2.76. The van der Waals surface area contributed by atoms with Crippen molar-refractivity contribution in [1.82, 2.24) is 14.8 Å². The molecule has 2 aliphatic rings. The van der Waals surface area contributed by atoms with E-state index in [0.29, 0.717) is 30.2 Å². The van der Waals surface area contributed by atoms with Crippen molar-refractivity contribution in [3.05, 3.63) is 63.4 Å². The summed E-state index contributed by atoms with van der Waals surface area (Å²) in [5.74, 6) is 0.276. The van der Waals surface area contributed by atoms with Crippen LogP contribution in [0.3, 0.4) is 0 Å². The van der Waals surface area contributed by atoms with E-state index in [0.717, 1.165) is 55.0 Å². The minimum absolute atomic E-state index is 0.0120. The highest BCUT2D eigenvalue weighted by Gasteiger charge is 2.33. The number of piperazine rings is 1. The topological polar surface area (TPSA) is 62.7 Å². The molecule has 7 heteroatoms. The van der Waals surface area contributed by atoms with Crippen molar-refractivity contribution < 1.29 is 14.3 Å². The highest BCUT2D eigenvalue weighted by atomic mass is 35.5. The van der Waals surface area contributed by atoms with Gasteiger partial charge in [-0.15, -0.1) is 0 Å². The van der Waals surface area contributed by atoms with Crippen LogP contribution in [0.1, 0.15) is 46.1 Å². The predicted molar refractivity (Wildman–Crippen MR) is 129 cm³/mol. The molecule has 0 radical (unpaired) electrons. The highest BCUT2D eigenvalue weighted by Crippen LogP contribution is 2.25. The van der Waals surface area contributed by atoms with Crippen LogP contribution in [0.15, 0.2) is 30.5 Å². The number of hydrogen-bond donors (Lipinski definition) is 0. The Bertz CT molecular complexity index is 1020. The standard InChI is InChI=1S/C26H32ClN3O3/c1-17-4-5-20(13-28-17)25(31)12-22-10-24(27)11-23(19(22)3)15-29-7-8-30(18(2)14-29)26(32)21-6-9-33-16-21/h4-5,10-11,13,18,21H,6-9,12,14-16H2,1-3H3/t18-,21+/m0/s1. The van der Waals surface area contributed by atoms with Crippen LogP contribution in [0.2, 0.25) is 5.02 Å². The van der Waals surface area contributed by atoms with Gasteiger partial charge in [-0.3, -0.25) is 19.5 Å². The van der Waals surface area contributed by atoms with E-state index >= 15 is 0 Å². The molecule has 33 heavy (non-hydrogen) atoms. The molecule has 3 heterocycles. The molecule has 2 saturated heterocycles. The minimum Gasteiger partial charge on any atom is -0.381 e. The first kappa shape index (κ1) is 23.9. The molecule has 0 saturated carbocycles. The van der Waals surface area contributed by atoms with Crippen LogP contribution in [-0.4, -0.2) is 65.4 Å². The average molecular weight is 470 g/mol. The zero-order valence-electron chi connectivity index (χ0n) is 19.6. The van der Waals surface area contributed by atoms with Gasteiger partial charge >= 0.3 is 0 Å². The number of aryl methyl sites for hydroxylation is 1. The van der Waals surface area contributed by atoms with Gasteiger partial charge in [0.2, 0.25) is 5.91 Å². The van der Waals surface area contributed by atoms with Gasteiger partial charge in [-0.05, 0) is 68.1 Å². The summed E-state index contributed by atoms with van der Waals surface area (Å²) in [7, 11) is 0. The van der Waals surface area contributed by atoms with E-state index in [9.17, 15) is 9.59 Å². The van der Waals surface area contributed by atoms with Crippen molar-refractivity contribution in [2.75, 3.05) is 32.8 Å². The third-order valence-corrected chi connectivity index (χ3v) is 7.06. The largest absolute Gasteiger partial charge is 0.381 e. The summed E-state index contributed by atoms with van der Waals surface area (Å²) < 4.78 is 5.40. The van der Waals surface area contributed by atoms with E-state index in [-0.39, 0.29) is 23.7 Å². The van der Waals surface area contributed by atoms with Crippen molar-refractivity contribution in [3.63, 3.8) is 0 Å². The maximum atomic E-state index is 12.8. The Kier molecular flexibility index (Phi) is 7.47. The van der Waals surface area contributed by atoms with Gasteiger partial charge < -0.3 is 9.64 Å². The number of ketones is 1. The number of hydrogen-bond acceptors (Lipinski definition) is 5. The lowest BCUT2D eigenvalue weighted by Gasteiger charge is -2.41. The number of carbonyl (C=O) groups excluding carboxylic acids is 2. The molecule has 2 aromatic rings. The number of benzene rings is 1. The van der Waals surface area contributed by atoms with Gasteiger partial charge in [-0.25, -0.2) is 0 Å². The monoisotopic (exact) mass is 469 g/mol. The summed E-state index contributed by atoms with van der Waals surface area (Å²) in [5, 5.41) is 0.642. The van der Waals surface area contributed by atoms with Crippen LogP contribution < -0.4 is 0 Å². The molecule has 0 N–H and O–H groups in total. The fourth-order valence-electron chi connectivity index (χ4n) is 4.76. The molecule has 0 aliphatic carbocycles. The molecule has 2 fully saturated rings. The molecule has 1 aromatic heterocycles. The number of amides is 1. The minimum atomic E-state index is 0.0120. The van der Waals surface area contributed by atoms with Crippen molar-refractivity contribution in [2.24, 2.45) is 5.92 Å². The lowest BCUT2D eigenvalue weighted by atomic mass is 9.96. The van der Waals surface area contributed by atoms with E-state index < -0.39 is 0 Å². The summed E-state index contributed by atoms with van der Waals surface area (Å²) in [5.41, 5.74) is 4.68. The van der Waals surface area contributed by atoms with Gasteiger partial charge in [0.1, 0.15) is 0 Å². The lowest BCUT2D eigenvalue weighted by molar-refractivity contribution is -0.140. The molecule has 0 unspecified atom stereocenters. The Morgan fingerprint density at radius 2 is 1.97 bits per heavy atom. The molecule has 0 bridgehead atoms. The third-order valence-electron chi connectivity index (χ3n) is 6.84. The zero-order valence-corrected chi connectivity index (χ0v) is 20.4.